The Morgan fingerprint density at radius 2 is 2.03 bits per heavy atom. The van der Waals surface area contributed by atoms with Gasteiger partial charge in [0.2, 0.25) is 0 Å². The van der Waals surface area contributed by atoms with Gasteiger partial charge in [-0.1, -0.05) is 43.6 Å². The van der Waals surface area contributed by atoms with Gasteiger partial charge in [-0.15, -0.1) is 45.5 Å². The number of guanidine groups is 1. The smallest absolute Gasteiger partial charge is 0.191 e. The van der Waals surface area contributed by atoms with Crippen LogP contribution in [0.2, 0.25) is 5.02 Å². The van der Waals surface area contributed by atoms with E-state index in [-0.39, 0.29) is 30.0 Å². The Morgan fingerprint density at radius 1 is 1.23 bits per heavy atom. The van der Waals surface area contributed by atoms with Gasteiger partial charge in [0.25, 0.3) is 0 Å². The molecule has 2 N–H and O–H groups in total. The van der Waals surface area contributed by atoms with E-state index in [0.29, 0.717) is 6.54 Å². The molecule has 31 heavy (non-hydrogen) atoms. The van der Waals surface area contributed by atoms with E-state index in [0.717, 1.165) is 49.2 Å². The molecule has 1 aromatic carbocycles. The molecule has 0 spiro atoms. The molecule has 0 aliphatic heterocycles. The SMILES string of the molecule is CCc1nncn1CCNC(=NCCc1ccc(Cl)cc1)NC(CC)c1cccs1.I. The van der Waals surface area contributed by atoms with E-state index in [4.69, 9.17) is 16.6 Å². The average molecular weight is 573 g/mol. The Labute approximate surface area is 210 Å². The van der Waals surface area contributed by atoms with Crippen molar-refractivity contribution in [1.82, 2.24) is 25.4 Å². The quantitative estimate of drug-likeness (QED) is 0.201. The second-order valence-electron chi connectivity index (χ2n) is 6.95. The first-order valence-electron chi connectivity index (χ1n) is 10.4. The molecule has 2 aromatic heterocycles. The Balaban J connectivity index is 0.00000341. The number of halogens is 2. The molecule has 0 fully saturated rings. The molecule has 0 amide bonds. The van der Waals surface area contributed by atoms with Gasteiger partial charge >= 0.3 is 0 Å². The van der Waals surface area contributed by atoms with Crippen LogP contribution in [0.25, 0.3) is 0 Å². The third kappa shape index (κ3) is 8.08. The molecule has 3 rings (SSSR count). The van der Waals surface area contributed by atoms with Crippen molar-refractivity contribution in [3.8, 4) is 0 Å². The molecule has 1 unspecified atom stereocenters. The topological polar surface area (TPSA) is 67.1 Å². The van der Waals surface area contributed by atoms with Crippen molar-refractivity contribution in [3.05, 3.63) is 69.4 Å². The van der Waals surface area contributed by atoms with Crippen molar-refractivity contribution >= 4 is 52.9 Å². The summed E-state index contributed by atoms with van der Waals surface area (Å²) >= 11 is 7.75. The number of benzene rings is 1. The zero-order valence-corrected chi connectivity index (χ0v) is 21.8. The van der Waals surface area contributed by atoms with Crippen LogP contribution in [0, 0.1) is 0 Å². The second-order valence-corrected chi connectivity index (χ2v) is 8.36. The molecule has 0 bridgehead atoms. The monoisotopic (exact) mass is 572 g/mol. The van der Waals surface area contributed by atoms with Gasteiger partial charge in [0.05, 0.1) is 6.04 Å². The van der Waals surface area contributed by atoms with E-state index in [9.17, 15) is 0 Å². The van der Waals surface area contributed by atoms with Crippen molar-refractivity contribution in [2.24, 2.45) is 4.99 Å². The molecule has 0 aliphatic rings. The van der Waals surface area contributed by atoms with E-state index in [2.05, 4.69) is 68.9 Å². The lowest BCUT2D eigenvalue weighted by atomic mass is 10.1. The summed E-state index contributed by atoms with van der Waals surface area (Å²) < 4.78 is 2.08. The first-order valence-corrected chi connectivity index (χ1v) is 11.6. The van der Waals surface area contributed by atoms with Gasteiger partial charge in [-0.25, -0.2) is 0 Å². The van der Waals surface area contributed by atoms with Crippen LogP contribution in [0.3, 0.4) is 0 Å². The minimum atomic E-state index is 0. The van der Waals surface area contributed by atoms with Crippen LogP contribution >= 0.6 is 46.9 Å². The van der Waals surface area contributed by atoms with Crippen molar-refractivity contribution < 1.29 is 0 Å². The highest BCUT2D eigenvalue weighted by Gasteiger charge is 2.12. The predicted octanol–water partition coefficient (Wildman–Crippen LogP) is 5.10. The first kappa shape index (κ1) is 25.6. The summed E-state index contributed by atoms with van der Waals surface area (Å²) in [6, 6.07) is 12.5. The number of aromatic nitrogens is 3. The summed E-state index contributed by atoms with van der Waals surface area (Å²) in [4.78, 5) is 6.14. The number of hydrogen-bond donors (Lipinski definition) is 2. The lowest BCUT2D eigenvalue weighted by Gasteiger charge is -2.20. The van der Waals surface area contributed by atoms with Crippen molar-refractivity contribution in [2.75, 3.05) is 13.1 Å². The number of rotatable bonds is 10. The highest BCUT2D eigenvalue weighted by Crippen LogP contribution is 2.21. The summed E-state index contributed by atoms with van der Waals surface area (Å²) in [6.07, 6.45) is 4.51. The molecular weight excluding hydrogens is 543 g/mol. The molecule has 2 heterocycles. The van der Waals surface area contributed by atoms with Crippen molar-refractivity contribution in [3.63, 3.8) is 0 Å². The van der Waals surface area contributed by atoms with E-state index < -0.39 is 0 Å². The normalized spacial score (nSPS) is 12.3. The van der Waals surface area contributed by atoms with Crippen LogP contribution in [0.4, 0.5) is 0 Å². The fourth-order valence-electron chi connectivity index (χ4n) is 3.16. The Hall–Kier alpha value is -1.65. The first-order chi connectivity index (χ1) is 14.7. The number of nitrogens with zero attached hydrogens (tertiary/aromatic N) is 4. The minimum absolute atomic E-state index is 0. The molecule has 3 aromatic rings. The van der Waals surface area contributed by atoms with Crippen LogP contribution in [-0.2, 0) is 19.4 Å². The molecule has 0 radical (unpaired) electrons. The third-order valence-electron chi connectivity index (χ3n) is 4.85. The lowest BCUT2D eigenvalue weighted by molar-refractivity contribution is 0.595. The molecule has 0 saturated carbocycles. The van der Waals surface area contributed by atoms with Gasteiger partial charge in [-0.3, -0.25) is 4.99 Å². The van der Waals surface area contributed by atoms with Gasteiger partial charge in [-0.2, -0.15) is 0 Å². The van der Waals surface area contributed by atoms with E-state index in [1.807, 2.05) is 12.1 Å². The zero-order valence-electron chi connectivity index (χ0n) is 17.9. The highest BCUT2D eigenvalue weighted by atomic mass is 127. The number of hydrogen-bond acceptors (Lipinski definition) is 4. The maximum Gasteiger partial charge on any atom is 0.191 e. The van der Waals surface area contributed by atoms with E-state index >= 15 is 0 Å². The fourth-order valence-corrected chi connectivity index (χ4v) is 4.15. The molecule has 9 heteroatoms. The molecule has 0 saturated heterocycles. The summed E-state index contributed by atoms with van der Waals surface area (Å²) in [6.45, 7) is 6.52. The number of nitrogens with one attached hydrogen (secondary N) is 2. The summed E-state index contributed by atoms with van der Waals surface area (Å²) in [5.41, 5.74) is 1.23. The summed E-state index contributed by atoms with van der Waals surface area (Å²) in [5, 5.41) is 18.1. The Kier molecular flexibility index (Phi) is 11.3. The van der Waals surface area contributed by atoms with Crippen LogP contribution in [0.15, 0.2) is 53.1 Å². The zero-order chi connectivity index (χ0) is 21.2. The van der Waals surface area contributed by atoms with Crippen LogP contribution in [-0.4, -0.2) is 33.8 Å². The molecular formula is C22H30ClIN6S. The maximum absolute atomic E-state index is 5.98. The predicted molar refractivity (Wildman–Crippen MR) is 141 cm³/mol. The van der Waals surface area contributed by atoms with Gasteiger partial charge in [0.1, 0.15) is 12.2 Å². The standard InChI is InChI=1S/C22H29ClN6S.HI/c1-3-19(20-6-5-15-30-20)27-22(24-12-11-17-7-9-18(23)10-8-17)25-13-14-29-16-26-28-21(29)4-2;/h5-10,15-16,19H,3-4,11-14H2,1-2H3,(H2,24,25,27);1H. The fraction of sp³-hybridized carbons (Fsp3) is 0.409. The minimum Gasteiger partial charge on any atom is -0.355 e. The number of thiophene rings is 1. The summed E-state index contributed by atoms with van der Waals surface area (Å²) in [5.74, 6) is 1.83. The van der Waals surface area contributed by atoms with Gasteiger partial charge in [0.15, 0.2) is 5.96 Å². The van der Waals surface area contributed by atoms with Crippen LogP contribution < -0.4 is 10.6 Å². The van der Waals surface area contributed by atoms with Crippen LogP contribution in [0.1, 0.15) is 42.6 Å². The van der Waals surface area contributed by atoms with Crippen molar-refractivity contribution in [1.29, 1.82) is 0 Å². The average Bonchev–Trinajstić information content (AvgIpc) is 3.45. The maximum atomic E-state index is 5.98. The van der Waals surface area contributed by atoms with Gasteiger partial charge in [0, 0.05) is 36.0 Å². The van der Waals surface area contributed by atoms with Crippen LogP contribution in [0.5, 0.6) is 0 Å². The van der Waals surface area contributed by atoms with E-state index in [1.165, 1.54) is 10.4 Å². The number of aryl methyl sites for hydroxylation is 1. The highest BCUT2D eigenvalue weighted by molar-refractivity contribution is 14.0. The third-order valence-corrected chi connectivity index (χ3v) is 6.08. The molecule has 1 atom stereocenters. The Morgan fingerprint density at radius 3 is 2.71 bits per heavy atom. The van der Waals surface area contributed by atoms with Gasteiger partial charge < -0.3 is 15.2 Å². The summed E-state index contributed by atoms with van der Waals surface area (Å²) in [7, 11) is 0. The lowest BCUT2D eigenvalue weighted by Crippen LogP contribution is -2.41. The molecule has 6 nitrogen and oxygen atoms in total. The second kappa shape index (κ2) is 13.7. The number of aliphatic imine (C=N–C) groups is 1. The Bertz CT molecular complexity index is 910. The molecule has 168 valence electrons. The van der Waals surface area contributed by atoms with Crippen molar-refractivity contribution in [2.45, 2.75) is 45.7 Å². The van der Waals surface area contributed by atoms with E-state index in [1.54, 1.807) is 17.7 Å². The molecule has 0 aliphatic carbocycles. The largest absolute Gasteiger partial charge is 0.355 e. The van der Waals surface area contributed by atoms with Gasteiger partial charge in [-0.05, 0) is 42.0 Å².